The molecule has 1 saturated carbocycles. The SMILES string of the molecule is Cc1c(F)c(N2CCC(N)C2)c(C(F)(F)F)c2c1c(=O)c(C(=O)O)cn2C1CC1. The number of rotatable bonds is 3. The normalized spacial score (nSPS) is 19.9. The highest BCUT2D eigenvalue weighted by Gasteiger charge is 2.43. The van der Waals surface area contributed by atoms with Crippen LogP contribution in [0.5, 0.6) is 0 Å². The molecule has 0 spiro atoms. The number of carbonyl (C=O) groups is 1. The van der Waals surface area contributed by atoms with E-state index in [1.165, 1.54) is 16.4 Å². The molecule has 0 bridgehead atoms. The molecule has 0 amide bonds. The average Bonchev–Trinajstić information content (AvgIpc) is 3.37. The second kappa shape index (κ2) is 6.45. The number of fused-ring (bicyclic) bond motifs is 1. The number of halogens is 4. The molecule has 0 radical (unpaired) electrons. The number of hydrogen-bond acceptors (Lipinski definition) is 4. The van der Waals surface area contributed by atoms with Gasteiger partial charge in [-0.15, -0.1) is 0 Å². The van der Waals surface area contributed by atoms with Gasteiger partial charge in [0.25, 0.3) is 0 Å². The molecule has 29 heavy (non-hydrogen) atoms. The van der Waals surface area contributed by atoms with Crippen molar-refractivity contribution >= 4 is 22.6 Å². The third-order valence-corrected chi connectivity index (χ3v) is 5.62. The molecule has 2 fully saturated rings. The molecule has 6 nitrogen and oxygen atoms in total. The zero-order valence-corrected chi connectivity index (χ0v) is 15.5. The van der Waals surface area contributed by atoms with Crippen molar-refractivity contribution in [2.24, 2.45) is 5.73 Å². The monoisotopic (exact) mass is 413 g/mol. The number of nitrogens with zero attached hydrogens (tertiary/aromatic N) is 2. The molecule has 1 aliphatic carbocycles. The van der Waals surface area contributed by atoms with Gasteiger partial charge < -0.3 is 20.3 Å². The molecule has 1 aromatic heterocycles. The van der Waals surface area contributed by atoms with Crippen molar-refractivity contribution in [2.45, 2.75) is 44.4 Å². The van der Waals surface area contributed by atoms with Gasteiger partial charge in [0.15, 0.2) is 5.82 Å². The van der Waals surface area contributed by atoms with Gasteiger partial charge in [-0.25, -0.2) is 9.18 Å². The second-order valence-corrected chi connectivity index (χ2v) is 7.69. The van der Waals surface area contributed by atoms with Crippen molar-refractivity contribution in [3.8, 4) is 0 Å². The van der Waals surface area contributed by atoms with Crippen LogP contribution in [0.1, 0.15) is 46.8 Å². The Morgan fingerprint density at radius 2 is 1.93 bits per heavy atom. The van der Waals surface area contributed by atoms with E-state index in [2.05, 4.69) is 0 Å². The number of carboxylic acid groups (broad SMARTS) is 1. The van der Waals surface area contributed by atoms with Crippen LogP contribution in [0, 0.1) is 12.7 Å². The first-order valence-electron chi connectivity index (χ1n) is 9.24. The Bertz CT molecular complexity index is 1090. The maximum Gasteiger partial charge on any atom is 0.420 e. The molecule has 3 N–H and O–H groups in total. The van der Waals surface area contributed by atoms with E-state index >= 15 is 4.39 Å². The maximum atomic E-state index is 15.3. The Morgan fingerprint density at radius 3 is 2.41 bits per heavy atom. The van der Waals surface area contributed by atoms with Gasteiger partial charge in [0.2, 0.25) is 5.43 Å². The molecule has 156 valence electrons. The van der Waals surface area contributed by atoms with Gasteiger partial charge in [-0.2, -0.15) is 13.2 Å². The molecule has 1 aromatic carbocycles. The average molecular weight is 413 g/mol. The summed E-state index contributed by atoms with van der Waals surface area (Å²) in [6.07, 6.45) is -2.48. The third-order valence-electron chi connectivity index (χ3n) is 5.62. The van der Waals surface area contributed by atoms with Gasteiger partial charge in [-0.1, -0.05) is 0 Å². The van der Waals surface area contributed by atoms with Crippen LogP contribution in [0.2, 0.25) is 0 Å². The Morgan fingerprint density at radius 1 is 1.28 bits per heavy atom. The number of alkyl halides is 3. The minimum Gasteiger partial charge on any atom is -0.477 e. The number of anilines is 1. The molecule has 2 aliphatic rings. The van der Waals surface area contributed by atoms with Crippen LogP contribution >= 0.6 is 0 Å². The fourth-order valence-corrected chi connectivity index (χ4v) is 4.09. The summed E-state index contributed by atoms with van der Waals surface area (Å²) >= 11 is 0. The van der Waals surface area contributed by atoms with Crippen molar-refractivity contribution < 1.29 is 27.5 Å². The van der Waals surface area contributed by atoms with E-state index in [-0.39, 0.29) is 30.7 Å². The fourth-order valence-electron chi connectivity index (χ4n) is 4.09. The van der Waals surface area contributed by atoms with E-state index in [4.69, 9.17) is 5.73 Å². The highest BCUT2D eigenvalue weighted by atomic mass is 19.4. The van der Waals surface area contributed by atoms with Crippen LogP contribution in [0.15, 0.2) is 11.0 Å². The summed E-state index contributed by atoms with van der Waals surface area (Å²) < 4.78 is 59.2. The lowest BCUT2D eigenvalue weighted by Gasteiger charge is -2.27. The van der Waals surface area contributed by atoms with Crippen LogP contribution in [0.25, 0.3) is 10.9 Å². The van der Waals surface area contributed by atoms with Gasteiger partial charge >= 0.3 is 12.1 Å². The van der Waals surface area contributed by atoms with E-state index in [9.17, 15) is 27.9 Å². The summed E-state index contributed by atoms with van der Waals surface area (Å²) in [5.74, 6) is -2.73. The molecule has 4 rings (SSSR count). The minimum absolute atomic E-state index is 0.0613. The van der Waals surface area contributed by atoms with Crippen LogP contribution < -0.4 is 16.1 Å². The van der Waals surface area contributed by atoms with Crippen molar-refractivity contribution in [1.29, 1.82) is 0 Å². The highest BCUT2D eigenvalue weighted by Crippen LogP contribution is 2.47. The number of pyridine rings is 1. The van der Waals surface area contributed by atoms with Gasteiger partial charge in [0, 0.05) is 36.9 Å². The number of nitrogens with two attached hydrogens (primary N) is 1. The second-order valence-electron chi connectivity index (χ2n) is 7.69. The fraction of sp³-hybridized carbons (Fsp3) is 0.474. The summed E-state index contributed by atoms with van der Waals surface area (Å²) in [6, 6.07) is -0.748. The molecular weight excluding hydrogens is 394 g/mol. The number of benzene rings is 1. The minimum atomic E-state index is -4.96. The summed E-state index contributed by atoms with van der Waals surface area (Å²) in [6.45, 7) is 1.43. The van der Waals surface area contributed by atoms with Crippen molar-refractivity contribution in [1.82, 2.24) is 4.57 Å². The van der Waals surface area contributed by atoms with Crippen LogP contribution in [0.4, 0.5) is 23.2 Å². The number of aromatic carboxylic acids is 1. The summed E-state index contributed by atoms with van der Waals surface area (Å²) in [5.41, 5.74) is 1.43. The lowest BCUT2D eigenvalue weighted by Crippen LogP contribution is -2.31. The maximum absolute atomic E-state index is 15.3. The van der Waals surface area contributed by atoms with E-state index < -0.39 is 51.1 Å². The standard InChI is InChI=1S/C19H19F4N3O3/c1-8-12-15(26(10-2-3-10)7-11(17(12)27)18(28)29)13(19(21,22)23)16(14(8)20)25-5-4-9(24)6-25/h7,9-10H,2-6,24H2,1H3,(H,28,29). The van der Waals surface area contributed by atoms with Crippen molar-refractivity contribution in [2.75, 3.05) is 18.0 Å². The van der Waals surface area contributed by atoms with Crippen molar-refractivity contribution in [3.63, 3.8) is 0 Å². The molecule has 1 unspecified atom stereocenters. The predicted molar refractivity (Wildman–Crippen MR) is 97.9 cm³/mol. The lowest BCUT2D eigenvalue weighted by atomic mass is 9.97. The molecule has 1 saturated heterocycles. The van der Waals surface area contributed by atoms with E-state index in [0.29, 0.717) is 19.3 Å². The summed E-state index contributed by atoms with van der Waals surface area (Å²) in [5, 5.41) is 8.81. The first-order chi connectivity index (χ1) is 13.5. The number of aromatic nitrogens is 1. The van der Waals surface area contributed by atoms with Crippen molar-refractivity contribution in [3.05, 3.63) is 38.9 Å². The van der Waals surface area contributed by atoms with Gasteiger partial charge in [-0.05, 0) is 26.2 Å². The molecule has 10 heteroatoms. The van der Waals surface area contributed by atoms with E-state index in [1.54, 1.807) is 0 Å². The number of aryl methyl sites for hydroxylation is 1. The van der Waals surface area contributed by atoms with Gasteiger partial charge in [0.1, 0.15) is 11.1 Å². The van der Waals surface area contributed by atoms with E-state index in [1.807, 2.05) is 0 Å². The Balaban J connectivity index is 2.20. The summed E-state index contributed by atoms with van der Waals surface area (Å²) in [7, 11) is 0. The number of carboxylic acids is 1. The van der Waals surface area contributed by atoms with Crippen LogP contribution in [-0.4, -0.2) is 34.8 Å². The zero-order valence-electron chi connectivity index (χ0n) is 15.5. The van der Waals surface area contributed by atoms with Gasteiger partial charge in [0.05, 0.1) is 16.6 Å². The third kappa shape index (κ3) is 3.06. The topological polar surface area (TPSA) is 88.6 Å². The first-order valence-corrected chi connectivity index (χ1v) is 9.24. The Kier molecular flexibility index (Phi) is 4.38. The van der Waals surface area contributed by atoms with Crippen LogP contribution in [-0.2, 0) is 6.18 Å². The predicted octanol–water partition coefficient (Wildman–Crippen LogP) is 3.04. The molecule has 2 heterocycles. The molecule has 1 aliphatic heterocycles. The number of hydrogen-bond donors (Lipinski definition) is 2. The lowest BCUT2D eigenvalue weighted by molar-refractivity contribution is -0.136. The Hall–Kier alpha value is -2.62. The molecule has 1 atom stereocenters. The van der Waals surface area contributed by atoms with Crippen LogP contribution in [0.3, 0.4) is 0 Å². The molecular formula is C19H19F4N3O3. The van der Waals surface area contributed by atoms with Gasteiger partial charge in [-0.3, -0.25) is 4.79 Å². The zero-order chi connectivity index (χ0) is 21.2. The summed E-state index contributed by atoms with van der Waals surface area (Å²) in [4.78, 5) is 25.5. The Labute approximate surface area is 162 Å². The first kappa shape index (κ1) is 19.7. The smallest absolute Gasteiger partial charge is 0.420 e. The largest absolute Gasteiger partial charge is 0.477 e. The van der Waals surface area contributed by atoms with E-state index in [0.717, 1.165) is 6.20 Å². The molecule has 2 aromatic rings. The quantitative estimate of drug-likeness (QED) is 0.756. The highest BCUT2D eigenvalue weighted by molar-refractivity contribution is 5.97.